The van der Waals surface area contributed by atoms with Gasteiger partial charge in [-0.15, -0.1) is 0 Å². The standard InChI is InChI=1S/C16H26BrN/c1-2-3-4-5-6-7-8-9-10-11-16-13-12-15(17)14-18-16/h12-14H,2-11H2,1H3. The number of rotatable bonds is 10. The Morgan fingerprint density at radius 3 is 2.06 bits per heavy atom. The van der Waals surface area contributed by atoms with Gasteiger partial charge in [0.05, 0.1) is 0 Å². The maximum Gasteiger partial charge on any atom is 0.0413 e. The van der Waals surface area contributed by atoms with Crippen LogP contribution in [0.25, 0.3) is 0 Å². The molecule has 0 bridgehead atoms. The van der Waals surface area contributed by atoms with Gasteiger partial charge in [0.2, 0.25) is 0 Å². The summed E-state index contributed by atoms with van der Waals surface area (Å²) < 4.78 is 1.07. The SMILES string of the molecule is CCCCCCCCCCCc1ccc(Br)cn1. The van der Waals surface area contributed by atoms with Crippen molar-refractivity contribution in [2.24, 2.45) is 0 Å². The van der Waals surface area contributed by atoms with Crippen LogP contribution in [0.5, 0.6) is 0 Å². The van der Waals surface area contributed by atoms with Crippen molar-refractivity contribution in [2.45, 2.75) is 71.1 Å². The van der Waals surface area contributed by atoms with E-state index in [1.54, 1.807) is 0 Å². The summed E-state index contributed by atoms with van der Waals surface area (Å²) in [7, 11) is 0. The Balaban J connectivity index is 1.91. The Labute approximate surface area is 121 Å². The Morgan fingerprint density at radius 1 is 0.889 bits per heavy atom. The van der Waals surface area contributed by atoms with Crippen LogP contribution in [0.4, 0.5) is 0 Å². The Morgan fingerprint density at radius 2 is 1.50 bits per heavy atom. The maximum atomic E-state index is 4.40. The second-order valence-electron chi connectivity index (χ2n) is 5.05. The molecule has 0 unspecified atom stereocenters. The van der Waals surface area contributed by atoms with Crippen molar-refractivity contribution in [3.05, 3.63) is 28.5 Å². The van der Waals surface area contributed by atoms with Gasteiger partial charge in [0.15, 0.2) is 0 Å². The summed E-state index contributed by atoms with van der Waals surface area (Å²) in [5.74, 6) is 0. The highest BCUT2D eigenvalue weighted by Crippen LogP contribution is 2.12. The highest BCUT2D eigenvalue weighted by Gasteiger charge is 1.96. The van der Waals surface area contributed by atoms with Crippen LogP contribution in [-0.2, 0) is 6.42 Å². The third-order valence-electron chi connectivity index (χ3n) is 3.33. The molecule has 0 aliphatic carbocycles. The van der Waals surface area contributed by atoms with Crippen LogP contribution in [0.1, 0.15) is 70.4 Å². The zero-order valence-corrected chi connectivity index (χ0v) is 13.2. The first kappa shape index (κ1) is 15.7. The molecule has 2 heteroatoms. The first-order chi connectivity index (χ1) is 8.83. The fourth-order valence-electron chi connectivity index (χ4n) is 2.17. The molecule has 0 saturated carbocycles. The highest BCUT2D eigenvalue weighted by atomic mass is 79.9. The number of hydrogen-bond donors (Lipinski definition) is 0. The van der Waals surface area contributed by atoms with Gasteiger partial charge in [-0.2, -0.15) is 0 Å². The molecule has 102 valence electrons. The van der Waals surface area contributed by atoms with Gasteiger partial charge >= 0.3 is 0 Å². The monoisotopic (exact) mass is 311 g/mol. The van der Waals surface area contributed by atoms with Gasteiger partial charge in [-0.1, -0.05) is 58.3 Å². The fraction of sp³-hybridized carbons (Fsp3) is 0.688. The maximum absolute atomic E-state index is 4.40. The second-order valence-corrected chi connectivity index (χ2v) is 5.96. The third kappa shape index (κ3) is 7.86. The first-order valence-corrected chi connectivity index (χ1v) is 8.22. The summed E-state index contributed by atoms with van der Waals surface area (Å²) in [5.41, 5.74) is 1.22. The van der Waals surface area contributed by atoms with E-state index < -0.39 is 0 Å². The minimum atomic E-state index is 1.07. The highest BCUT2D eigenvalue weighted by molar-refractivity contribution is 9.10. The second kappa shape index (κ2) is 10.5. The predicted molar refractivity (Wildman–Crippen MR) is 82.9 cm³/mol. The summed E-state index contributed by atoms with van der Waals surface area (Å²) in [4.78, 5) is 4.40. The minimum absolute atomic E-state index is 1.07. The molecule has 0 aliphatic heterocycles. The van der Waals surface area contributed by atoms with Crippen LogP contribution in [-0.4, -0.2) is 4.98 Å². The van der Waals surface area contributed by atoms with Crippen molar-refractivity contribution < 1.29 is 0 Å². The van der Waals surface area contributed by atoms with Crippen LogP contribution in [0, 0.1) is 0 Å². The van der Waals surface area contributed by atoms with Crippen molar-refractivity contribution in [1.29, 1.82) is 0 Å². The number of hydrogen-bond acceptors (Lipinski definition) is 1. The molecule has 0 aliphatic rings. The lowest BCUT2D eigenvalue weighted by molar-refractivity contribution is 0.563. The predicted octanol–water partition coefficient (Wildman–Crippen LogP) is 5.92. The molecular weight excluding hydrogens is 286 g/mol. The van der Waals surface area contributed by atoms with E-state index in [2.05, 4.69) is 40.0 Å². The Bertz CT molecular complexity index is 294. The van der Waals surface area contributed by atoms with Crippen molar-refractivity contribution >= 4 is 15.9 Å². The normalized spacial score (nSPS) is 10.8. The molecule has 0 aromatic carbocycles. The zero-order chi connectivity index (χ0) is 13.1. The Kier molecular flexibility index (Phi) is 9.19. The number of halogens is 1. The van der Waals surface area contributed by atoms with E-state index in [0.717, 1.165) is 10.9 Å². The van der Waals surface area contributed by atoms with Crippen LogP contribution < -0.4 is 0 Å². The molecule has 0 amide bonds. The van der Waals surface area contributed by atoms with Gasteiger partial charge in [-0.25, -0.2) is 0 Å². The quantitative estimate of drug-likeness (QED) is 0.489. The summed E-state index contributed by atoms with van der Waals surface area (Å²) in [6.45, 7) is 2.27. The number of unbranched alkanes of at least 4 members (excludes halogenated alkanes) is 8. The van der Waals surface area contributed by atoms with Crippen molar-refractivity contribution in [3.63, 3.8) is 0 Å². The lowest BCUT2D eigenvalue weighted by Crippen LogP contribution is -1.90. The van der Waals surface area contributed by atoms with Gasteiger partial charge in [-0.3, -0.25) is 4.98 Å². The fourth-order valence-corrected chi connectivity index (χ4v) is 2.41. The van der Waals surface area contributed by atoms with Gasteiger partial charge in [0.25, 0.3) is 0 Å². The molecule has 1 aromatic heterocycles. The van der Waals surface area contributed by atoms with Crippen LogP contribution in [0.15, 0.2) is 22.8 Å². The van der Waals surface area contributed by atoms with E-state index in [0.29, 0.717) is 0 Å². The zero-order valence-electron chi connectivity index (χ0n) is 11.6. The van der Waals surface area contributed by atoms with E-state index >= 15 is 0 Å². The average molecular weight is 312 g/mol. The molecule has 0 N–H and O–H groups in total. The molecule has 0 atom stereocenters. The van der Waals surface area contributed by atoms with Crippen LogP contribution in [0.3, 0.4) is 0 Å². The molecule has 1 heterocycles. The summed E-state index contributed by atoms with van der Waals surface area (Å²) in [6, 6.07) is 4.20. The molecular formula is C16H26BrN. The lowest BCUT2D eigenvalue weighted by Gasteiger charge is -2.02. The average Bonchev–Trinajstić information content (AvgIpc) is 2.39. The molecule has 1 aromatic rings. The van der Waals surface area contributed by atoms with E-state index in [4.69, 9.17) is 0 Å². The molecule has 1 rings (SSSR count). The van der Waals surface area contributed by atoms with Crippen molar-refractivity contribution in [3.8, 4) is 0 Å². The van der Waals surface area contributed by atoms with E-state index in [9.17, 15) is 0 Å². The lowest BCUT2D eigenvalue weighted by atomic mass is 10.1. The minimum Gasteiger partial charge on any atom is -0.260 e. The molecule has 0 fully saturated rings. The van der Waals surface area contributed by atoms with Crippen molar-refractivity contribution in [1.82, 2.24) is 4.98 Å². The number of aromatic nitrogens is 1. The van der Waals surface area contributed by atoms with Gasteiger partial charge in [-0.05, 0) is 40.9 Å². The molecule has 18 heavy (non-hydrogen) atoms. The summed E-state index contributed by atoms with van der Waals surface area (Å²) >= 11 is 3.41. The third-order valence-corrected chi connectivity index (χ3v) is 3.79. The van der Waals surface area contributed by atoms with E-state index in [-0.39, 0.29) is 0 Å². The molecule has 1 nitrogen and oxygen atoms in total. The van der Waals surface area contributed by atoms with Gasteiger partial charge in [0, 0.05) is 16.4 Å². The van der Waals surface area contributed by atoms with Gasteiger partial charge in [0.1, 0.15) is 0 Å². The molecule has 0 radical (unpaired) electrons. The number of aryl methyl sites for hydroxylation is 1. The topological polar surface area (TPSA) is 12.9 Å². The largest absolute Gasteiger partial charge is 0.260 e. The molecule has 0 spiro atoms. The van der Waals surface area contributed by atoms with Gasteiger partial charge < -0.3 is 0 Å². The molecule has 0 saturated heterocycles. The smallest absolute Gasteiger partial charge is 0.0413 e. The summed E-state index contributed by atoms with van der Waals surface area (Å²) in [5, 5.41) is 0. The van der Waals surface area contributed by atoms with Crippen LogP contribution >= 0.6 is 15.9 Å². The summed E-state index contributed by atoms with van der Waals surface area (Å²) in [6.07, 6.45) is 15.5. The van der Waals surface area contributed by atoms with Crippen LogP contribution in [0.2, 0.25) is 0 Å². The van der Waals surface area contributed by atoms with E-state index in [1.807, 2.05) is 6.20 Å². The number of nitrogens with zero attached hydrogens (tertiary/aromatic N) is 1. The van der Waals surface area contributed by atoms with E-state index in [1.165, 1.54) is 63.5 Å². The van der Waals surface area contributed by atoms with Crippen molar-refractivity contribution in [2.75, 3.05) is 0 Å². The number of pyridine rings is 1. The first-order valence-electron chi connectivity index (χ1n) is 7.43. The Hall–Kier alpha value is -0.370.